The number of aliphatic carboxylic acids is 1. The summed E-state index contributed by atoms with van der Waals surface area (Å²) in [6.45, 7) is 3.73. The topological polar surface area (TPSA) is 95.5 Å². The van der Waals surface area contributed by atoms with E-state index in [0.717, 1.165) is 0 Å². The lowest BCUT2D eigenvalue weighted by atomic mass is 10.0. The fourth-order valence-electron chi connectivity index (χ4n) is 1.58. The summed E-state index contributed by atoms with van der Waals surface area (Å²) >= 11 is 0. The quantitative estimate of drug-likeness (QED) is 0.595. The predicted octanol–water partition coefficient (Wildman–Crippen LogP) is -0.652. The second-order valence-corrected chi connectivity index (χ2v) is 4.27. The van der Waals surface area contributed by atoms with Crippen LogP contribution in [0, 0.1) is 11.8 Å². The molecular weight excluding hydrogens is 212 g/mol. The summed E-state index contributed by atoms with van der Waals surface area (Å²) in [6.07, 6.45) is 0.135. The maximum Gasteiger partial charge on any atom is 0.326 e. The van der Waals surface area contributed by atoms with Gasteiger partial charge in [-0.2, -0.15) is 0 Å². The SMILES string of the molecule is CC(C)[C@@H](NC(=O)C1CNC(=O)C1)C(=O)O. The van der Waals surface area contributed by atoms with Crippen molar-refractivity contribution in [3.63, 3.8) is 0 Å². The van der Waals surface area contributed by atoms with Gasteiger partial charge in [-0.3, -0.25) is 9.59 Å². The molecule has 0 saturated carbocycles. The van der Waals surface area contributed by atoms with Crippen LogP contribution >= 0.6 is 0 Å². The fourth-order valence-corrected chi connectivity index (χ4v) is 1.58. The molecule has 2 atom stereocenters. The summed E-state index contributed by atoms with van der Waals surface area (Å²) in [5, 5.41) is 13.9. The van der Waals surface area contributed by atoms with E-state index in [4.69, 9.17) is 5.11 Å². The van der Waals surface area contributed by atoms with Crippen LogP contribution in [0.1, 0.15) is 20.3 Å². The molecule has 90 valence electrons. The molecule has 6 heteroatoms. The Labute approximate surface area is 93.4 Å². The maximum absolute atomic E-state index is 11.6. The molecule has 16 heavy (non-hydrogen) atoms. The highest BCUT2D eigenvalue weighted by Gasteiger charge is 2.31. The van der Waals surface area contributed by atoms with E-state index < -0.39 is 17.9 Å². The van der Waals surface area contributed by atoms with Crippen LogP contribution in [0.2, 0.25) is 0 Å². The third-order valence-electron chi connectivity index (χ3n) is 2.58. The van der Waals surface area contributed by atoms with E-state index in [-0.39, 0.29) is 30.7 Å². The number of nitrogens with one attached hydrogen (secondary N) is 2. The van der Waals surface area contributed by atoms with Crippen LogP contribution in [0.3, 0.4) is 0 Å². The lowest BCUT2D eigenvalue weighted by molar-refractivity contribution is -0.143. The molecule has 2 amide bonds. The van der Waals surface area contributed by atoms with Crippen molar-refractivity contribution in [1.82, 2.24) is 10.6 Å². The van der Waals surface area contributed by atoms with Gasteiger partial charge in [-0.15, -0.1) is 0 Å². The average molecular weight is 228 g/mol. The van der Waals surface area contributed by atoms with Crippen molar-refractivity contribution in [3.8, 4) is 0 Å². The number of amides is 2. The van der Waals surface area contributed by atoms with Gasteiger partial charge in [-0.25, -0.2) is 4.79 Å². The van der Waals surface area contributed by atoms with Crippen LogP contribution < -0.4 is 10.6 Å². The van der Waals surface area contributed by atoms with E-state index in [1.165, 1.54) is 0 Å². The molecule has 1 unspecified atom stereocenters. The van der Waals surface area contributed by atoms with Gasteiger partial charge in [0.2, 0.25) is 11.8 Å². The molecule has 1 fully saturated rings. The monoisotopic (exact) mass is 228 g/mol. The van der Waals surface area contributed by atoms with E-state index >= 15 is 0 Å². The number of hydrogen-bond acceptors (Lipinski definition) is 3. The zero-order valence-corrected chi connectivity index (χ0v) is 9.32. The molecule has 1 aliphatic heterocycles. The minimum Gasteiger partial charge on any atom is -0.480 e. The fraction of sp³-hybridized carbons (Fsp3) is 0.700. The Kier molecular flexibility index (Phi) is 3.87. The molecule has 0 radical (unpaired) electrons. The van der Waals surface area contributed by atoms with Crippen LogP contribution in [-0.4, -0.2) is 35.5 Å². The summed E-state index contributed by atoms with van der Waals surface area (Å²) in [5.41, 5.74) is 0. The van der Waals surface area contributed by atoms with E-state index in [0.29, 0.717) is 0 Å². The summed E-state index contributed by atoms with van der Waals surface area (Å²) in [7, 11) is 0. The van der Waals surface area contributed by atoms with E-state index in [1.807, 2.05) is 0 Å². The zero-order valence-electron chi connectivity index (χ0n) is 9.32. The Morgan fingerprint density at radius 3 is 2.50 bits per heavy atom. The Morgan fingerprint density at radius 1 is 1.50 bits per heavy atom. The normalized spacial score (nSPS) is 21.7. The summed E-state index contributed by atoms with van der Waals surface area (Å²) in [5.74, 6) is -2.24. The molecule has 0 bridgehead atoms. The first-order chi connectivity index (χ1) is 7.41. The van der Waals surface area contributed by atoms with Crippen LogP contribution in [0.4, 0.5) is 0 Å². The van der Waals surface area contributed by atoms with Gasteiger partial charge in [0.1, 0.15) is 6.04 Å². The van der Waals surface area contributed by atoms with Gasteiger partial charge < -0.3 is 15.7 Å². The molecule has 0 aromatic carbocycles. The molecule has 1 heterocycles. The Bertz CT molecular complexity index is 314. The van der Waals surface area contributed by atoms with Crippen molar-refractivity contribution in [1.29, 1.82) is 0 Å². The highest BCUT2D eigenvalue weighted by Crippen LogP contribution is 2.10. The minimum absolute atomic E-state index is 0.135. The highest BCUT2D eigenvalue weighted by atomic mass is 16.4. The zero-order chi connectivity index (χ0) is 12.3. The second kappa shape index (κ2) is 4.96. The maximum atomic E-state index is 11.6. The number of hydrogen-bond donors (Lipinski definition) is 3. The van der Waals surface area contributed by atoms with Gasteiger partial charge in [0.15, 0.2) is 0 Å². The molecule has 6 nitrogen and oxygen atoms in total. The first-order valence-electron chi connectivity index (χ1n) is 5.21. The summed E-state index contributed by atoms with van der Waals surface area (Å²) in [4.78, 5) is 33.4. The third kappa shape index (κ3) is 2.95. The molecule has 3 N–H and O–H groups in total. The van der Waals surface area contributed by atoms with Crippen molar-refractivity contribution in [3.05, 3.63) is 0 Å². The standard InChI is InChI=1S/C10H16N2O4/c1-5(2)8(10(15)16)12-9(14)6-3-7(13)11-4-6/h5-6,8H,3-4H2,1-2H3,(H,11,13)(H,12,14)(H,15,16)/t6?,8-/m1/s1. The van der Waals surface area contributed by atoms with Crippen molar-refractivity contribution in [2.75, 3.05) is 6.54 Å². The van der Waals surface area contributed by atoms with Crippen LogP contribution in [0.5, 0.6) is 0 Å². The number of carbonyl (C=O) groups is 3. The first kappa shape index (κ1) is 12.5. The minimum atomic E-state index is -1.05. The predicted molar refractivity (Wildman–Crippen MR) is 55.5 cm³/mol. The van der Waals surface area contributed by atoms with Crippen LogP contribution in [-0.2, 0) is 14.4 Å². The second-order valence-electron chi connectivity index (χ2n) is 4.27. The van der Waals surface area contributed by atoms with Gasteiger partial charge in [0, 0.05) is 13.0 Å². The highest BCUT2D eigenvalue weighted by molar-refractivity contribution is 5.91. The van der Waals surface area contributed by atoms with Crippen LogP contribution in [0.25, 0.3) is 0 Å². The largest absolute Gasteiger partial charge is 0.480 e. The molecular formula is C10H16N2O4. The number of rotatable bonds is 4. The first-order valence-corrected chi connectivity index (χ1v) is 5.21. The summed E-state index contributed by atoms with van der Waals surface area (Å²) < 4.78 is 0. The number of carboxylic acid groups (broad SMARTS) is 1. The Morgan fingerprint density at radius 2 is 2.12 bits per heavy atom. The summed E-state index contributed by atoms with van der Waals surface area (Å²) in [6, 6.07) is -0.900. The van der Waals surface area contributed by atoms with Crippen molar-refractivity contribution >= 4 is 17.8 Å². The van der Waals surface area contributed by atoms with Crippen molar-refractivity contribution in [2.24, 2.45) is 11.8 Å². The van der Waals surface area contributed by atoms with Gasteiger partial charge in [-0.05, 0) is 5.92 Å². The van der Waals surface area contributed by atoms with Gasteiger partial charge >= 0.3 is 5.97 Å². The van der Waals surface area contributed by atoms with Gasteiger partial charge in [-0.1, -0.05) is 13.8 Å². The molecule has 0 aromatic rings. The lowest BCUT2D eigenvalue weighted by Gasteiger charge is -2.19. The van der Waals surface area contributed by atoms with Crippen LogP contribution in [0.15, 0.2) is 0 Å². The molecule has 1 saturated heterocycles. The molecule has 1 aliphatic rings. The average Bonchev–Trinajstić information content (AvgIpc) is 2.59. The smallest absolute Gasteiger partial charge is 0.326 e. The van der Waals surface area contributed by atoms with Gasteiger partial charge in [0.25, 0.3) is 0 Å². The van der Waals surface area contributed by atoms with Gasteiger partial charge in [0.05, 0.1) is 5.92 Å². The lowest BCUT2D eigenvalue weighted by Crippen LogP contribution is -2.47. The van der Waals surface area contributed by atoms with E-state index in [1.54, 1.807) is 13.8 Å². The number of carboxylic acids is 1. The van der Waals surface area contributed by atoms with Crippen molar-refractivity contribution in [2.45, 2.75) is 26.3 Å². The Balaban J connectivity index is 2.55. The molecule has 1 rings (SSSR count). The molecule has 0 aromatic heterocycles. The Hall–Kier alpha value is -1.59. The third-order valence-corrected chi connectivity index (χ3v) is 2.58. The van der Waals surface area contributed by atoms with Crippen molar-refractivity contribution < 1.29 is 19.5 Å². The number of carbonyl (C=O) groups excluding carboxylic acids is 2. The van der Waals surface area contributed by atoms with E-state index in [2.05, 4.69) is 10.6 Å². The molecule has 0 spiro atoms. The van der Waals surface area contributed by atoms with E-state index in [9.17, 15) is 14.4 Å². The molecule has 0 aliphatic carbocycles.